The van der Waals surface area contributed by atoms with Crippen LogP contribution in [0.3, 0.4) is 0 Å². The molecule has 190 valence electrons. The molecule has 0 radical (unpaired) electrons. The van der Waals surface area contributed by atoms with Gasteiger partial charge in [0.2, 0.25) is 15.9 Å². The van der Waals surface area contributed by atoms with E-state index >= 15 is 0 Å². The summed E-state index contributed by atoms with van der Waals surface area (Å²) in [5.74, 6) is -1.01. The average molecular weight is 514 g/mol. The summed E-state index contributed by atoms with van der Waals surface area (Å²) >= 11 is 0. The number of nitrogens with zero attached hydrogens (tertiary/aromatic N) is 2. The Kier molecular flexibility index (Phi) is 7.61. The van der Waals surface area contributed by atoms with Crippen LogP contribution in [0.4, 0.5) is 17.6 Å². The minimum absolute atomic E-state index is 0.444. The molecule has 1 heterocycles. The quantitative estimate of drug-likeness (QED) is 0.351. The van der Waals surface area contributed by atoms with Gasteiger partial charge < -0.3 is 4.74 Å². The van der Waals surface area contributed by atoms with Gasteiger partial charge >= 0.3 is 6.18 Å². The number of ether oxygens (including phenoxy) is 1. The Bertz CT molecular complexity index is 1270. The minimum Gasteiger partial charge on any atom is -0.439 e. The van der Waals surface area contributed by atoms with Gasteiger partial charge in [-0.3, -0.25) is 0 Å². The smallest absolute Gasteiger partial charge is 0.404 e. The van der Waals surface area contributed by atoms with Crippen molar-refractivity contribution in [3.8, 4) is 22.9 Å². The van der Waals surface area contributed by atoms with E-state index in [1.54, 1.807) is 59.3 Å². The third-order valence-corrected chi connectivity index (χ3v) is 6.78. The Morgan fingerprint density at radius 2 is 1.74 bits per heavy atom. The molecular formula is C24H27F4N3O3S. The first-order valence-corrected chi connectivity index (χ1v) is 12.5. The summed E-state index contributed by atoms with van der Waals surface area (Å²) in [5.41, 5.74) is 0.857. The summed E-state index contributed by atoms with van der Waals surface area (Å²) in [7, 11) is -4.61. The molecule has 11 heteroatoms. The first kappa shape index (κ1) is 26.7. The molecular weight excluding hydrogens is 486 g/mol. The molecule has 0 spiro atoms. The van der Waals surface area contributed by atoms with Crippen molar-refractivity contribution in [1.82, 2.24) is 14.5 Å². The van der Waals surface area contributed by atoms with Gasteiger partial charge in [0.25, 0.3) is 0 Å². The van der Waals surface area contributed by atoms with Gasteiger partial charge in [-0.05, 0) is 57.0 Å². The van der Waals surface area contributed by atoms with Crippen LogP contribution in [0, 0.1) is 0 Å². The van der Waals surface area contributed by atoms with Crippen molar-refractivity contribution in [2.45, 2.75) is 52.1 Å². The SMILES string of the molecule is CCn1nc(-c2cccc(C(C)(C)NS(=O)(=O)CC(F)(F)F)c2)cc1Oc1ccc(C(C)F)cc1. The highest BCUT2D eigenvalue weighted by atomic mass is 32.2. The lowest BCUT2D eigenvalue weighted by Crippen LogP contribution is -2.44. The summed E-state index contributed by atoms with van der Waals surface area (Å²) in [6.07, 6.45) is -5.94. The molecule has 0 amide bonds. The van der Waals surface area contributed by atoms with E-state index in [0.717, 1.165) is 0 Å². The number of sulfonamides is 1. The van der Waals surface area contributed by atoms with Crippen molar-refractivity contribution in [2.75, 3.05) is 5.75 Å². The van der Waals surface area contributed by atoms with E-state index in [1.807, 2.05) is 6.92 Å². The lowest BCUT2D eigenvalue weighted by molar-refractivity contribution is -0.106. The van der Waals surface area contributed by atoms with Crippen molar-refractivity contribution >= 4 is 10.0 Å². The Morgan fingerprint density at radius 3 is 2.31 bits per heavy atom. The number of hydrogen-bond donors (Lipinski definition) is 1. The van der Waals surface area contributed by atoms with Gasteiger partial charge in [-0.2, -0.15) is 18.3 Å². The molecule has 1 unspecified atom stereocenters. The van der Waals surface area contributed by atoms with Gasteiger partial charge in [-0.25, -0.2) is 22.2 Å². The molecule has 0 aliphatic heterocycles. The number of halogens is 4. The normalized spacial score (nSPS) is 13.6. The topological polar surface area (TPSA) is 73.2 Å². The van der Waals surface area contributed by atoms with Crippen LogP contribution in [0.2, 0.25) is 0 Å². The van der Waals surface area contributed by atoms with Crippen LogP contribution < -0.4 is 9.46 Å². The molecule has 0 saturated heterocycles. The Balaban J connectivity index is 1.86. The fourth-order valence-corrected chi connectivity index (χ4v) is 4.94. The van der Waals surface area contributed by atoms with Crippen LogP contribution >= 0.6 is 0 Å². The van der Waals surface area contributed by atoms with E-state index in [0.29, 0.717) is 40.6 Å². The number of benzene rings is 2. The standard InChI is InChI=1S/C24H27F4N3O3S/c1-5-31-22(34-20-11-9-17(10-12-20)16(2)25)14-21(29-31)18-7-6-8-19(13-18)23(3,4)30-35(32,33)15-24(26,27)28/h6-14,16,30H,5,15H2,1-4H3. The second-order valence-electron chi connectivity index (χ2n) is 8.65. The van der Waals surface area contributed by atoms with Crippen LogP contribution in [0.25, 0.3) is 11.3 Å². The first-order valence-electron chi connectivity index (χ1n) is 10.9. The molecule has 35 heavy (non-hydrogen) atoms. The van der Waals surface area contributed by atoms with E-state index in [9.17, 15) is 26.0 Å². The highest BCUT2D eigenvalue weighted by Crippen LogP contribution is 2.31. The molecule has 1 atom stereocenters. The third kappa shape index (κ3) is 7.04. The molecule has 1 N–H and O–H groups in total. The van der Waals surface area contributed by atoms with Crippen molar-refractivity contribution in [1.29, 1.82) is 0 Å². The maximum Gasteiger partial charge on any atom is 0.404 e. The van der Waals surface area contributed by atoms with Gasteiger partial charge in [-0.1, -0.05) is 30.3 Å². The monoisotopic (exact) mass is 513 g/mol. The van der Waals surface area contributed by atoms with Crippen molar-refractivity contribution < 1.29 is 30.7 Å². The highest BCUT2D eigenvalue weighted by molar-refractivity contribution is 7.89. The summed E-state index contributed by atoms with van der Waals surface area (Å²) < 4.78 is 85.1. The molecule has 2 aromatic carbocycles. The van der Waals surface area contributed by atoms with Crippen molar-refractivity contribution in [3.63, 3.8) is 0 Å². The maximum absolute atomic E-state index is 13.4. The molecule has 3 aromatic rings. The largest absolute Gasteiger partial charge is 0.439 e. The average Bonchev–Trinajstić information content (AvgIpc) is 3.14. The van der Waals surface area contributed by atoms with Crippen molar-refractivity contribution in [3.05, 3.63) is 65.7 Å². The van der Waals surface area contributed by atoms with Crippen LogP contribution in [0.1, 0.15) is 45.0 Å². The number of nitrogens with one attached hydrogen (secondary N) is 1. The molecule has 0 saturated carbocycles. The van der Waals surface area contributed by atoms with E-state index in [-0.39, 0.29) is 0 Å². The Labute approximate surface area is 202 Å². The zero-order valence-electron chi connectivity index (χ0n) is 19.7. The third-order valence-electron chi connectivity index (χ3n) is 5.25. The van der Waals surface area contributed by atoms with E-state index in [4.69, 9.17) is 4.74 Å². The lowest BCUT2D eigenvalue weighted by Gasteiger charge is -2.27. The van der Waals surface area contributed by atoms with Crippen LogP contribution in [-0.4, -0.2) is 30.1 Å². The maximum atomic E-state index is 13.4. The molecule has 0 fully saturated rings. The van der Waals surface area contributed by atoms with Gasteiger partial charge in [-0.15, -0.1) is 0 Å². The van der Waals surface area contributed by atoms with E-state index < -0.39 is 33.7 Å². The fraction of sp³-hybridized carbons (Fsp3) is 0.375. The zero-order chi connectivity index (χ0) is 26.0. The van der Waals surface area contributed by atoms with Gasteiger partial charge in [0.15, 0.2) is 5.75 Å². The highest BCUT2D eigenvalue weighted by Gasteiger charge is 2.38. The summed E-state index contributed by atoms with van der Waals surface area (Å²) in [6.45, 7) is 6.80. The zero-order valence-corrected chi connectivity index (χ0v) is 20.5. The molecule has 1 aromatic heterocycles. The first-order chi connectivity index (χ1) is 16.2. The van der Waals surface area contributed by atoms with Gasteiger partial charge in [0.05, 0.1) is 11.2 Å². The van der Waals surface area contributed by atoms with Crippen LogP contribution in [-0.2, 0) is 22.1 Å². The van der Waals surface area contributed by atoms with Crippen LogP contribution in [0.15, 0.2) is 54.6 Å². The van der Waals surface area contributed by atoms with Crippen molar-refractivity contribution in [2.24, 2.45) is 0 Å². The predicted octanol–water partition coefficient (Wildman–Crippen LogP) is 6.11. The van der Waals surface area contributed by atoms with E-state index in [1.165, 1.54) is 20.8 Å². The predicted molar refractivity (Wildman–Crippen MR) is 125 cm³/mol. The Hall–Kier alpha value is -2.92. The van der Waals surface area contributed by atoms with Gasteiger partial charge in [0, 0.05) is 18.2 Å². The van der Waals surface area contributed by atoms with Gasteiger partial charge in [0.1, 0.15) is 11.9 Å². The fourth-order valence-electron chi connectivity index (χ4n) is 3.54. The van der Waals surface area contributed by atoms with E-state index in [2.05, 4.69) is 9.82 Å². The lowest BCUT2D eigenvalue weighted by atomic mass is 9.93. The number of rotatable bonds is 9. The number of alkyl halides is 4. The molecule has 3 rings (SSSR count). The second kappa shape index (κ2) is 9.98. The number of aromatic nitrogens is 2. The summed E-state index contributed by atoms with van der Waals surface area (Å²) in [6, 6.07) is 15.0. The minimum atomic E-state index is -4.85. The summed E-state index contributed by atoms with van der Waals surface area (Å²) in [4.78, 5) is 0. The molecule has 0 bridgehead atoms. The van der Waals surface area contributed by atoms with Crippen LogP contribution in [0.5, 0.6) is 11.6 Å². The molecule has 0 aliphatic carbocycles. The Morgan fingerprint density at radius 1 is 1.09 bits per heavy atom. The molecule has 0 aliphatic rings. The summed E-state index contributed by atoms with van der Waals surface area (Å²) in [5, 5.41) is 4.53. The number of aryl methyl sites for hydroxylation is 1. The number of hydrogen-bond acceptors (Lipinski definition) is 4. The second-order valence-corrected chi connectivity index (χ2v) is 10.4. The molecule has 6 nitrogen and oxygen atoms in total.